The number of fused-ring (bicyclic) bond motifs is 1. The number of benzene rings is 1. The number of hydrogen-bond donors (Lipinski definition) is 1. The van der Waals surface area contributed by atoms with Crippen LogP contribution in [0.15, 0.2) is 28.7 Å². The van der Waals surface area contributed by atoms with Gasteiger partial charge in [0.05, 0.1) is 0 Å². The summed E-state index contributed by atoms with van der Waals surface area (Å²) in [5, 5.41) is 3.56. The van der Waals surface area contributed by atoms with Crippen LogP contribution in [-0.2, 0) is 15.3 Å². The Balaban J connectivity index is 2.13. The molecule has 0 aliphatic carbocycles. The summed E-state index contributed by atoms with van der Waals surface area (Å²) >= 11 is 1.59. The van der Waals surface area contributed by atoms with E-state index in [1.165, 1.54) is 0 Å². The van der Waals surface area contributed by atoms with E-state index < -0.39 is 5.97 Å². The van der Waals surface area contributed by atoms with Gasteiger partial charge in [-0.05, 0) is 18.7 Å². The molecule has 0 aliphatic heterocycles. The predicted octanol–water partition coefficient (Wildman–Crippen LogP) is 2.98. The van der Waals surface area contributed by atoms with E-state index >= 15 is 0 Å². The van der Waals surface area contributed by atoms with Crippen LogP contribution in [0.3, 0.4) is 0 Å². The van der Waals surface area contributed by atoms with Crippen molar-refractivity contribution in [1.29, 1.82) is 0 Å². The zero-order valence-corrected chi connectivity index (χ0v) is 13.5. The van der Waals surface area contributed by atoms with Crippen LogP contribution in [0.2, 0.25) is 0 Å². The topological polar surface area (TPSA) is 68.5 Å². The maximum atomic E-state index is 12.2. The van der Waals surface area contributed by atoms with Crippen LogP contribution < -0.4 is 5.32 Å². The fraction of sp³-hybridized carbons (Fsp3) is 0.375. The average Bonchev–Trinajstić information content (AvgIpc) is 2.90. The minimum absolute atomic E-state index is 0.179. The van der Waals surface area contributed by atoms with Gasteiger partial charge >= 0.3 is 5.97 Å². The molecule has 1 aromatic heterocycles. The van der Waals surface area contributed by atoms with Crippen LogP contribution >= 0.6 is 11.8 Å². The molecular weight excluding hydrogens is 302 g/mol. The Hall–Kier alpha value is -1.95. The second kappa shape index (κ2) is 7.89. The lowest BCUT2D eigenvalue weighted by Gasteiger charge is -2.05. The first-order valence-electron chi connectivity index (χ1n) is 7.10. The maximum absolute atomic E-state index is 12.2. The highest BCUT2D eigenvalue weighted by atomic mass is 32.2. The van der Waals surface area contributed by atoms with Gasteiger partial charge in [0.25, 0.3) is 5.91 Å². The van der Waals surface area contributed by atoms with E-state index in [0.29, 0.717) is 17.9 Å². The Kier molecular flexibility index (Phi) is 5.89. The van der Waals surface area contributed by atoms with Crippen molar-refractivity contribution < 1.29 is 18.7 Å². The summed E-state index contributed by atoms with van der Waals surface area (Å²) in [6.07, 6.45) is 2.79. The number of ether oxygens (including phenoxy) is 1. The number of carbonyl (C=O) groups is 2. The van der Waals surface area contributed by atoms with E-state index in [2.05, 4.69) is 5.32 Å². The lowest BCUT2D eigenvalue weighted by molar-refractivity contribution is -0.124. The first-order chi connectivity index (χ1) is 10.7. The summed E-state index contributed by atoms with van der Waals surface area (Å²) in [6.45, 7) is 2.22. The van der Waals surface area contributed by atoms with Crippen LogP contribution in [0.4, 0.5) is 0 Å². The molecule has 1 heterocycles. The first kappa shape index (κ1) is 16.4. The second-order valence-electron chi connectivity index (χ2n) is 4.76. The molecule has 0 atom stereocenters. The van der Waals surface area contributed by atoms with E-state index in [1.807, 2.05) is 37.4 Å². The number of carbonyl (C=O) groups excluding carboxylic acids is 2. The lowest BCUT2D eigenvalue weighted by atomic mass is 10.1. The quantitative estimate of drug-likeness (QED) is 0.794. The summed E-state index contributed by atoms with van der Waals surface area (Å²) in [4.78, 5) is 23.7. The first-order valence-corrected chi connectivity index (χ1v) is 8.50. The van der Waals surface area contributed by atoms with Gasteiger partial charge in [-0.15, -0.1) is 0 Å². The van der Waals surface area contributed by atoms with Crippen molar-refractivity contribution in [2.24, 2.45) is 0 Å². The molecule has 0 saturated carbocycles. The van der Waals surface area contributed by atoms with E-state index in [4.69, 9.17) is 9.15 Å². The smallest absolute Gasteiger partial charge is 0.375 e. The van der Waals surface area contributed by atoms with Gasteiger partial charge in [0.2, 0.25) is 5.76 Å². The second-order valence-corrected chi connectivity index (χ2v) is 5.63. The van der Waals surface area contributed by atoms with Crippen molar-refractivity contribution in [3.05, 3.63) is 35.6 Å². The molecule has 22 heavy (non-hydrogen) atoms. The van der Waals surface area contributed by atoms with Crippen LogP contribution in [0.5, 0.6) is 0 Å². The summed E-state index contributed by atoms with van der Waals surface area (Å²) in [7, 11) is 0. The molecule has 1 aromatic carbocycles. The number of nitrogens with one attached hydrogen (secondary N) is 1. The van der Waals surface area contributed by atoms with Crippen molar-refractivity contribution in [2.45, 2.75) is 19.1 Å². The fourth-order valence-electron chi connectivity index (χ4n) is 2.06. The largest absolute Gasteiger partial charge is 0.450 e. The highest BCUT2D eigenvalue weighted by molar-refractivity contribution is 7.97. The molecule has 0 bridgehead atoms. The lowest BCUT2D eigenvalue weighted by Crippen LogP contribution is -2.29. The van der Waals surface area contributed by atoms with E-state index in [9.17, 15) is 9.59 Å². The minimum Gasteiger partial charge on any atom is -0.450 e. The minimum atomic E-state index is -0.605. The van der Waals surface area contributed by atoms with Gasteiger partial charge in [0, 0.05) is 23.2 Å². The molecule has 118 valence electrons. The molecule has 1 N–H and O–H groups in total. The maximum Gasteiger partial charge on any atom is 0.375 e. The van der Waals surface area contributed by atoms with Crippen molar-refractivity contribution in [3.8, 4) is 0 Å². The molecule has 0 saturated heterocycles. The third-order valence-electron chi connectivity index (χ3n) is 3.08. The zero-order valence-electron chi connectivity index (χ0n) is 12.7. The van der Waals surface area contributed by atoms with Gasteiger partial charge in [-0.25, -0.2) is 4.79 Å². The fourth-order valence-corrected chi connectivity index (χ4v) is 2.64. The number of esters is 1. The standard InChI is InChI=1S/C16H19NO4S/c1-3-8-17-14(18)9-20-16(19)15-12(10-22-2)11-6-4-5-7-13(11)21-15/h4-7H,3,8-10H2,1-2H3,(H,17,18). The average molecular weight is 321 g/mol. The normalized spacial score (nSPS) is 10.6. The molecule has 1 amide bonds. The highest BCUT2D eigenvalue weighted by Crippen LogP contribution is 2.29. The van der Waals surface area contributed by atoms with Gasteiger partial charge in [-0.1, -0.05) is 25.1 Å². The molecule has 0 fully saturated rings. The number of rotatable bonds is 7. The monoisotopic (exact) mass is 321 g/mol. The van der Waals surface area contributed by atoms with E-state index in [1.54, 1.807) is 11.8 Å². The molecule has 0 aliphatic rings. The zero-order chi connectivity index (χ0) is 15.9. The van der Waals surface area contributed by atoms with Crippen molar-refractivity contribution in [3.63, 3.8) is 0 Å². The van der Waals surface area contributed by atoms with Crippen molar-refractivity contribution >= 4 is 34.6 Å². The number of hydrogen-bond acceptors (Lipinski definition) is 5. The Labute approximate surface area is 133 Å². The van der Waals surface area contributed by atoms with Gasteiger partial charge in [-0.3, -0.25) is 4.79 Å². The van der Waals surface area contributed by atoms with Crippen molar-refractivity contribution in [2.75, 3.05) is 19.4 Å². The summed E-state index contributed by atoms with van der Waals surface area (Å²) in [5.74, 6) is -0.0906. The number of thioether (sulfide) groups is 1. The molecule has 2 rings (SSSR count). The molecule has 0 radical (unpaired) electrons. The number of amides is 1. The molecule has 0 unspecified atom stereocenters. The molecule has 2 aromatic rings. The number of para-hydroxylation sites is 1. The van der Waals surface area contributed by atoms with Crippen LogP contribution in [-0.4, -0.2) is 31.3 Å². The van der Waals surface area contributed by atoms with Gasteiger partial charge in [-0.2, -0.15) is 11.8 Å². The van der Waals surface area contributed by atoms with Gasteiger partial charge in [0.1, 0.15) is 5.58 Å². The predicted molar refractivity (Wildman–Crippen MR) is 87.0 cm³/mol. The number of furan rings is 1. The van der Waals surface area contributed by atoms with Crippen LogP contribution in [0.25, 0.3) is 11.0 Å². The highest BCUT2D eigenvalue weighted by Gasteiger charge is 2.22. The van der Waals surface area contributed by atoms with Crippen LogP contribution in [0, 0.1) is 0 Å². The molecule has 6 heteroatoms. The van der Waals surface area contributed by atoms with Crippen LogP contribution in [0.1, 0.15) is 29.5 Å². The van der Waals surface area contributed by atoms with Crippen molar-refractivity contribution in [1.82, 2.24) is 5.32 Å². The Morgan fingerprint density at radius 2 is 2.09 bits per heavy atom. The van der Waals surface area contributed by atoms with Gasteiger partial charge < -0.3 is 14.5 Å². The Morgan fingerprint density at radius 1 is 1.32 bits per heavy atom. The van der Waals surface area contributed by atoms with Gasteiger partial charge in [0.15, 0.2) is 6.61 Å². The third-order valence-corrected chi connectivity index (χ3v) is 3.66. The SMILES string of the molecule is CCCNC(=O)COC(=O)c1oc2ccccc2c1CSC. The molecule has 0 spiro atoms. The van der Waals surface area contributed by atoms with E-state index in [-0.39, 0.29) is 18.3 Å². The summed E-state index contributed by atoms with van der Waals surface area (Å²) in [6, 6.07) is 7.47. The summed E-state index contributed by atoms with van der Waals surface area (Å²) in [5.41, 5.74) is 1.45. The molecule has 5 nitrogen and oxygen atoms in total. The third kappa shape index (κ3) is 3.82. The Morgan fingerprint density at radius 3 is 2.82 bits per heavy atom. The summed E-state index contributed by atoms with van der Waals surface area (Å²) < 4.78 is 10.7. The Bertz CT molecular complexity index is 665. The van der Waals surface area contributed by atoms with E-state index in [0.717, 1.165) is 17.4 Å². The molecular formula is C16H19NO4S.